The minimum Gasteiger partial charge on any atom is -0.346 e. The highest BCUT2D eigenvalue weighted by Gasteiger charge is 2.06. The van der Waals surface area contributed by atoms with Crippen molar-refractivity contribution in [1.82, 2.24) is 19.9 Å². The summed E-state index contributed by atoms with van der Waals surface area (Å²) in [6.07, 6.45) is 5.54. The second kappa shape index (κ2) is 5.90. The molecule has 0 aliphatic rings. The van der Waals surface area contributed by atoms with Crippen LogP contribution in [-0.2, 0) is 0 Å². The molecule has 4 rings (SSSR count). The van der Waals surface area contributed by atoms with E-state index in [9.17, 15) is 8.78 Å². The summed E-state index contributed by atoms with van der Waals surface area (Å²) in [4.78, 5) is 13.2. The number of aromatic nitrogens is 4. The summed E-state index contributed by atoms with van der Waals surface area (Å²) in [5.41, 5.74) is 1.22. The van der Waals surface area contributed by atoms with E-state index >= 15 is 0 Å². The highest BCUT2D eigenvalue weighted by Crippen LogP contribution is 2.23. The molecule has 4 nitrogen and oxygen atoms in total. The first kappa shape index (κ1) is 14.7. The van der Waals surface area contributed by atoms with Crippen molar-refractivity contribution < 1.29 is 8.78 Å². The minimum atomic E-state index is -0.487. The number of hydrogen-bond donors (Lipinski definition) is 2. The van der Waals surface area contributed by atoms with Gasteiger partial charge < -0.3 is 9.97 Å². The van der Waals surface area contributed by atoms with Crippen LogP contribution < -0.4 is 0 Å². The monoisotopic (exact) mass is 340 g/mol. The Morgan fingerprint density at radius 1 is 0.773 bits per heavy atom. The summed E-state index contributed by atoms with van der Waals surface area (Å²) >= 11 is 11.3. The molecule has 22 heavy (non-hydrogen) atoms. The van der Waals surface area contributed by atoms with Crippen molar-refractivity contribution in [2.24, 2.45) is 0 Å². The average Bonchev–Trinajstić information content (AvgIpc) is 3.16. The normalized spacial score (nSPS) is 10.7. The fraction of sp³-hybridized carbons (Fsp3) is 0. The minimum absolute atomic E-state index is 0.122. The number of nitrogens with one attached hydrogen (secondary N) is 2. The number of pyridine rings is 2. The molecule has 4 aromatic rings. The summed E-state index contributed by atoms with van der Waals surface area (Å²) in [7, 11) is 0. The maximum absolute atomic E-state index is 12.7. The summed E-state index contributed by atoms with van der Waals surface area (Å²) in [5.74, 6) is -0.975. The standard InChI is InChI=1S/2C7H4ClFN2/c2*8-6-4-1-2-10-7(4)11-3-5(6)9/h2*1-3H,(H,10,11). The Morgan fingerprint density at radius 2 is 1.18 bits per heavy atom. The highest BCUT2D eigenvalue weighted by atomic mass is 35.5. The first-order valence-corrected chi connectivity index (χ1v) is 6.87. The van der Waals surface area contributed by atoms with Crippen LogP contribution in [0.2, 0.25) is 10.0 Å². The van der Waals surface area contributed by atoms with E-state index < -0.39 is 11.6 Å². The lowest BCUT2D eigenvalue weighted by atomic mass is 10.3. The van der Waals surface area contributed by atoms with Gasteiger partial charge in [0.05, 0.1) is 22.4 Å². The number of hydrogen-bond acceptors (Lipinski definition) is 2. The molecule has 0 fully saturated rings. The van der Waals surface area contributed by atoms with E-state index in [2.05, 4.69) is 19.9 Å². The first-order valence-electron chi connectivity index (χ1n) is 6.12. The smallest absolute Gasteiger partial charge is 0.160 e. The van der Waals surface area contributed by atoms with Gasteiger partial charge in [-0.2, -0.15) is 0 Å². The summed E-state index contributed by atoms with van der Waals surface area (Å²) in [5, 5.41) is 1.48. The van der Waals surface area contributed by atoms with Gasteiger partial charge in [0, 0.05) is 23.2 Å². The van der Waals surface area contributed by atoms with Gasteiger partial charge in [-0.25, -0.2) is 18.7 Å². The molecule has 4 heterocycles. The Morgan fingerprint density at radius 3 is 1.59 bits per heavy atom. The summed E-state index contributed by atoms with van der Waals surface area (Å²) < 4.78 is 25.4. The van der Waals surface area contributed by atoms with E-state index in [-0.39, 0.29) is 10.0 Å². The molecule has 0 aromatic carbocycles. The van der Waals surface area contributed by atoms with E-state index in [4.69, 9.17) is 23.2 Å². The van der Waals surface area contributed by atoms with Crippen LogP contribution in [0.5, 0.6) is 0 Å². The second-order valence-electron chi connectivity index (χ2n) is 4.32. The topological polar surface area (TPSA) is 57.4 Å². The molecule has 0 aliphatic heterocycles. The molecule has 0 spiro atoms. The van der Waals surface area contributed by atoms with Crippen molar-refractivity contribution in [2.45, 2.75) is 0 Å². The number of rotatable bonds is 0. The molecule has 0 saturated carbocycles. The lowest BCUT2D eigenvalue weighted by Gasteiger charge is -1.93. The third kappa shape index (κ3) is 2.63. The molecule has 0 radical (unpaired) electrons. The first-order chi connectivity index (χ1) is 10.6. The Kier molecular flexibility index (Phi) is 3.96. The molecule has 0 bridgehead atoms. The Hall–Kier alpha value is -2.18. The third-order valence-corrected chi connectivity index (χ3v) is 3.72. The number of nitrogens with zero attached hydrogens (tertiary/aromatic N) is 2. The molecular formula is C14H8Cl2F2N4. The van der Waals surface area contributed by atoms with E-state index in [1.807, 2.05) is 0 Å². The zero-order valence-corrected chi connectivity index (χ0v) is 12.4. The molecular weight excluding hydrogens is 333 g/mol. The average molecular weight is 341 g/mol. The van der Waals surface area contributed by atoms with E-state index in [0.29, 0.717) is 22.1 Å². The molecule has 4 aromatic heterocycles. The molecule has 0 amide bonds. The molecule has 0 aliphatic carbocycles. The Labute approximate surface area is 133 Å². The molecule has 112 valence electrons. The van der Waals surface area contributed by atoms with Crippen molar-refractivity contribution in [3.8, 4) is 0 Å². The van der Waals surface area contributed by atoms with Crippen LogP contribution in [0, 0.1) is 11.6 Å². The number of aromatic amines is 2. The lowest BCUT2D eigenvalue weighted by Crippen LogP contribution is -1.81. The maximum Gasteiger partial charge on any atom is 0.160 e. The highest BCUT2D eigenvalue weighted by molar-refractivity contribution is 6.35. The molecule has 0 unspecified atom stereocenters. The van der Waals surface area contributed by atoms with Gasteiger partial charge in [0.1, 0.15) is 11.3 Å². The number of fused-ring (bicyclic) bond motifs is 2. The number of halogens is 4. The van der Waals surface area contributed by atoms with Crippen molar-refractivity contribution in [3.63, 3.8) is 0 Å². The van der Waals surface area contributed by atoms with Crippen molar-refractivity contribution in [2.75, 3.05) is 0 Å². The predicted octanol–water partition coefficient (Wildman–Crippen LogP) is 4.71. The molecule has 0 saturated heterocycles. The van der Waals surface area contributed by atoms with Crippen molar-refractivity contribution >= 4 is 45.3 Å². The van der Waals surface area contributed by atoms with Crippen LogP contribution in [-0.4, -0.2) is 19.9 Å². The van der Waals surface area contributed by atoms with Gasteiger partial charge in [0.15, 0.2) is 11.6 Å². The van der Waals surface area contributed by atoms with Crippen molar-refractivity contribution in [1.29, 1.82) is 0 Å². The number of H-pyrrole nitrogens is 2. The zero-order valence-electron chi connectivity index (χ0n) is 10.9. The van der Waals surface area contributed by atoms with Crippen molar-refractivity contribution in [3.05, 3.63) is 58.6 Å². The van der Waals surface area contributed by atoms with Gasteiger partial charge in [-0.05, 0) is 12.1 Å². The van der Waals surface area contributed by atoms with Gasteiger partial charge in [-0.3, -0.25) is 0 Å². The second-order valence-corrected chi connectivity index (χ2v) is 5.08. The van der Waals surface area contributed by atoms with Gasteiger partial charge >= 0.3 is 0 Å². The third-order valence-electron chi connectivity index (χ3n) is 2.96. The largest absolute Gasteiger partial charge is 0.346 e. The van der Waals surface area contributed by atoms with Crippen LogP contribution in [0.25, 0.3) is 22.1 Å². The summed E-state index contributed by atoms with van der Waals surface area (Å²) in [6.45, 7) is 0. The summed E-state index contributed by atoms with van der Waals surface area (Å²) in [6, 6.07) is 3.38. The van der Waals surface area contributed by atoms with E-state index in [1.165, 1.54) is 0 Å². The van der Waals surface area contributed by atoms with Crippen LogP contribution in [0.3, 0.4) is 0 Å². The molecule has 2 N–H and O–H groups in total. The van der Waals surface area contributed by atoms with Crippen LogP contribution >= 0.6 is 23.2 Å². The van der Waals surface area contributed by atoms with Gasteiger partial charge in [-0.1, -0.05) is 23.2 Å². The molecule has 8 heteroatoms. The Balaban J connectivity index is 0.000000131. The quantitative estimate of drug-likeness (QED) is 0.487. The predicted molar refractivity (Wildman–Crippen MR) is 82.1 cm³/mol. The van der Waals surface area contributed by atoms with Gasteiger partial charge in [0.2, 0.25) is 0 Å². The van der Waals surface area contributed by atoms with Crippen LogP contribution in [0.15, 0.2) is 36.9 Å². The fourth-order valence-corrected chi connectivity index (χ4v) is 2.30. The van der Waals surface area contributed by atoms with Gasteiger partial charge in [-0.15, -0.1) is 0 Å². The van der Waals surface area contributed by atoms with E-state index in [0.717, 1.165) is 12.4 Å². The van der Waals surface area contributed by atoms with E-state index in [1.54, 1.807) is 24.5 Å². The fourth-order valence-electron chi connectivity index (χ4n) is 1.90. The Bertz CT molecular complexity index is 870. The van der Waals surface area contributed by atoms with Crippen LogP contribution in [0.1, 0.15) is 0 Å². The van der Waals surface area contributed by atoms with Crippen LogP contribution in [0.4, 0.5) is 8.78 Å². The zero-order chi connectivity index (χ0) is 15.7. The SMILES string of the molecule is Fc1cnc2[nH]ccc2c1Cl.Fc1cnc2[nH]ccc2c1Cl. The lowest BCUT2D eigenvalue weighted by molar-refractivity contribution is 0.624. The van der Waals surface area contributed by atoms with Gasteiger partial charge in [0.25, 0.3) is 0 Å². The maximum atomic E-state index is 12.7. The molecule has 0 atom stereocenters.